The van der Waals surface area contributed by atoms with E-state index >= 15 is 0 Å². The van der Waals surface area contributed by atoms with Crippen molar-refractivity contribution in [3.63, 3.8) is 0 Å². The Morgan fingerprint density at radius 2 is 2.22 bits per heavy atom. The Morgan fingerprint density at radius 1 is 1.61 bits per heavy atom. The topological polar surface area (TPSA) is 130 Å². The van der Waals surface area contributed by atoms with E-state index in [1.807, 2.05) is 4.72 Å². The molecule has 0 fully saturated rings. The Balaban J connectivity index is 2.92. The average molecular weight is 317 g/mol. The van der Waals surface area contributed by atoms with Crippen LogP contribution in [0.4, 0.5) is 5.69 Å². The smallest absolute Gasteiger partial charge is 0.300 e. The van der Waals surface area contributed by atoms with Crippen molar-refractivity contribution < 1.29 is 23.6 Å². The second kappa shape index (κ2) is 5.91. The maximum Gasteiger partial charge on any atom is 0.300 e. The summed E-state index contributed by atoms with van der Waals surface area (Å²) in [6.45, 7) is -1.00. The number of aliphatic hydroxyl groups excluding tert-OH is 2. The van der Waals surface area contributed by atoms with E-state index in [9.17, 15) is 18.5 Å². The van der Waals surface area contributed by atoms with Crippen LogP contribution in [-0.4, -0.2) is 42.8 Å². The second-order valence-corrected chi connectivity index (χ2v) is 6.82. The van der Waals surface area contributed by atoms with E-state index in [-0.39, 0.29) is 8.55 Å². The lowest BCUT2D eigenvalue weighted by Crippen LogP contribution is -2.33. The van der Waals surface area contributed by atoms with Crippen molar-refractivity contribution in [1.82, 2.24) is 4.72 Å². The van der Waals surface area contributed by atoms with Gasteiger partial charge in [0, 0.05) is 12.6 Å². The minimum atomic E-state index is -3.99. The first-order valence-electron chi connectivity index (χ1n) is 4.50. The van der Waals surface area contributed by atoms with E-state index < -0.39 is 39.9 Å². The van der Waals surface area contributed by atoms with Gasteiger partial charge in [-0.15, -0.1) is 11.3 Å². The molecule has 1 atom stereocenters. The van der Waals surface area contributed by atoms with Crippen LogP contribution >= 0.6 is 22.9 Å². The lowest BCUT2D eigenvalue weighted by Gasteiger charge is -2.07. The van der Waals surface area contributed by atoms with Gasteiger partial charge in [-0.25, -0.2) is 13.1 Å². The third-order valence-electron chi connectivity index (χ3n) is 1.83. The van der Waals surface area contributed by atoms with Crippen LogP contribution in [0.2, 0.25) is 4.34 Å². The molecule has 1 aromatic heterocycles. The van der Waals surface area contributed by atoms with Crippen LogP contribution in [0, 0.1) is 10.1 Å². The monoisotopic (exact) mass is 316 g/mol. The molecule has 0 bridgehead atoms. The number of nitro groups is 1. The maximum absolute atomic E-state index is 11.7. The zero-order valence-electron chi connectivity index (χ0n) is 8.74. The van der Waals surface area contributed by atoms with Gasteiger partial charge in [-0.05, 0) is 0 Å². The number of aliphatic hydroxyl groups is 2. The van der Waals surface area contributed by atoms with Gasteiger partial charge in [-0.2, -0.15) is 0 Å². The fraction of sp³-hybridized carbons (Fsp3) is 0.429. The molecule has 0 aliphatic carbocycles. The van der Waals surface area contributed by atoms with Gasteiger partial charge in [0.15, 0.2) is 4.34 Å². The Labute approximate surface area is 111 Å². The van der Waals surface area contributed by atoms with Crippen LogP contribution in [0.25, 0.3) is 0 Å². The van der Waals surface area contributed by atoms with Crippen LogP contribution in [0.3, 0.4) is 0 Å². The van der Waals surface area contributed by atoms with Gasteiger partial charge in [0.1, 0.15) is 4.21 Å². The minimum absolute atomic E-state index is 0.247. The fourth-order valence-electron chi connectivity index (χ4n) is 0.937. The lowest BCUT2D eigenvalue weighted by atomic mass is 10.4. The summed E-state index contributed by atoms with van der Waals surface area (Å²) in [5, 5.41) is 28.1. The van der Waals surface area contributed by atoms with E-state index in [1.54, 1.807) is 0 Å². The predicted octanol–water partition coefficient (Wildman–Crippen LogP) is -0.0588. The van der Waals surface area contributed by atoms with Crippen molar-refractivity contribution >= 4 is 38.6 Å². The highest BCUT2D eigenvalue weighted by Gasteiger charge is 2.25. The summed E-state index contributed by atoms with van der Waals surface area (Å²) in [4.78, 5) is 9.72. The summed E-state index contributed by atoms with van der Waals surface area (Å²) in [5.74, 6) is 0. The van der Waals surface area contributed by atoms with Gasteiger partial charge in [0.25, 0.3) is 5.69 Å². The molecular formula is C7H9ClN2O6S2. The number of thiophene rings is 1. The third kappa shape index (κ3) is 3.60. The fourth-order valence-corrected chi connectivity index (χ4v) is 3.72. The van der Waals surface area contributed by atoms with Crippen LogP contribution < -0.4 is 4.72 Å². The standard InChI is InChI=1S/C7H9ClN2O6S2/c8-7-5(10(13)14)1-6(17-7)18(15,16)9-2-4(12)3-11/h1,4,9,11-12H,2-3H2. The van der Waals surface area contributed by atoms with Gasteiger partial charge < -0.3 is 10.2 Å². The molecule has 0 radical (unpaired) electrons. The SMILES string of the molecule is O=[N+]([O-])c1cc(S(=O)(=O)NCC(O)CO)sc1Cl. The van der Waals surface area contributed by atoms with Crippen molar-refractivity contribution in [2.24, 2.45) is 0 Å². The number of nitrogens with one attached hydrogen (secondary N) is 1. The molecule has 3 N–H and O–H groups in total. The molecular weight excluding hydrogens is 308 g/mol. The zero-order chi connectivity index (χ0) is 13.9. The molecule has 0 saturated heterocycles. The molecule has 0 aromatic carbocycles. The minimum Gasteiger partial charge on any atom is -0.394 e. The molecule has 0 amide bonds. The third-order valence-corrected chi connectivity index (χ3v) is 5.06. The average Bonchev–Trinajstić information content (AvgIpc) is 2.69. The van der Waals surface area contributed by atoms with Crippen LogP contribution in [0.1, 0.15) is 0 Å². The van der Waals surface area contributed by atoms with Crippen molar-refractivity contribution in [3.05, 3.63) is 20.5 Å². The van der Waals surface area contributed by atoms with E-state index in [0.717, 1.165) is 6.07 Å². The van der Waals surface area contributed by atoms with Crippen LogP contribution in [0.15, 0.2) is 10.3 Å². The summed E-state index contributed by atoms with van der Waals surface area (Å²) in [7, 11) is -3.99. The number of halogens is 1. The Hall–Kier alpha value is -0.780. The molecule has 0 aliphatic heterocycles. The van der Waals surface area contributed by atoms with Gasteiger partial charge in [-0.3, -0.25) is 10.1 Å². The Kier molecular flexibility index (Phi) is 5.01. The highest BCUT2D eigenvalue weighted by molar-refractivity contribution is 7.91. The summed E-state index contributed by atoms with van der Waals surface area (Å²) < 4.78 is 24.8. The number of rotatable bonds is 6. The van der Waals surface area contributed by atoms with Crippen molar-refractivity contribution in [3.8, 4) is 0 Å². The van der Waals surface area contributed by atoms with E-state index in [2.05, 4.69) is 0 Å². The van der Waals surface area contributed by atoms with Crippen molar-refractivity contribution in [2.75, 3.05) is 13.2 Å². The molecule has 0 saturated carbocycles. The first-order chi connectivity index (χ1) is 8.27. The van der Waals surface area contributed by atoms with Crippen LogP contribution in [-0.2, 0) is 10.0 Å². The summed E-state index contributed by atoms with van der Waals surface area (Å²) in [6.07, 6.45) is -1.25. The van der Waals surface area contributed by atoms with Crippen molar-refractivity contribution in [2.45, 2.75) is 10.3 Å². The molecule has 11 heteroatoms. The quantitative estimate of drug-likeness (QED) is 0.498. The number of hydrogen-bond donors (Lipinski definition) is 3. The second-order valence-electron chi connectivity index (χ2n) is 3.17. The van der Waals surface area contributed by atoms with Gasteiger partial charge in [-0.1, -0.05) is 11.6 Å². The van der Waals surface area contributed by atoms with Gasteiger partial charge in [0.05, 0.1) is 17.6 Å². The normalized spacial score (nSPS) is 13.5. The number of nitrogens with zero attached hydrogens (tertiary/aromatic N) is 1. The van der Waals surface area contributed by atoms with Gasteiger partial charge >= 0.3 is 0 Å². The van der Waals surface area contributed by atoms with E-state index in [1.165, 1.54) is 0 Å². The molecule has 18 heavy (non-hydrogen) atoms. The number of sulfonamides is 1. The van der Waals surface area contributed by atoms with Crippen LogP contribution in [0.5, 0.6) is 0 Å². The van der Waals surface area contributed by atoms with E-state index in [4.69, 9.17) is 21.8 Å². The highest BCUT2D eigenvalue weighted by atomic mass is 35.5. The summed E-state index contributed by atoms with van der Waals surface area (Å²) in [6, 6.07) is 0.834. The maximum atomic E-state index is 11.7. The summed E-state index contributed by atoms with van der Waals surface area (Å²) in [5.41, 5.74) is -0.496. The first-order valence-corrected chi connectivity index (χ1v) is 7.18. The molecule has 8 nitrogen and oxygen atoms in total. The molecule has 1 heterocycles. The van der Waals surface area contributed by atoms with E-state index in [0.29, 0.717) is 11.3 Å². The zero-order valence-corrected chi connectivity index (χ0v) is 11.1. The number of hydrogen-bond acceptors (Lipinski definition) is 7. The molecule has 1 aromatic rings. The Bertz CT molecular complexity index is 542. The highest BCUT2D eigenvalue weighted by Crippen LogP contribution is 2.35. The van der Waals surface area contributed by atoms with Gasteiger partial charge in [0.2, 0.25) is 10.0 Å². The molecule has 0 spiro atoms. The molecule has 0 aliphatic rings. The lowest BCUT2D eigenvalue weighted by molar-refractivity contribution is -0.384. The molecule has 1 rings (SSSR count). The van der Waals surface area contributed by atoms with Crippen molar-refractivity contribution in [1.29, 1.82) is 0 Å². The molecule has 102 valence electrons. The largest absolute Gasteiger partial charge is 0.394 e. The molecule has 1 unspecified atom stereocenters. The summed E-state index contributed by atoms with van der Waals surface area (Å²) >= 11 is 6.07. The first kappa shape index (κ1) is 15.3. The predicted molar refractivity (Wildman–Crippen MR) is 64.3 cm³/mol. The Morgan fingerprint density at radius 3 is 2.67 bits per heavy atom.